The first-order valence-corrected chi connectivity index (χ1v) is 10.4. The predicted octanol–water partition coefficient (Wildman–Crippen LogP) is 4.81. The van der Waals surface area contributed by atoms with Crippen molar-refractivity contribution in [3.63, 3.8) is 0 Å². The minimum Gasteiger partial charge on any atom is -0.496 e. The molecule has 1 saturated heterocycles. The Morgan fingerprint density at radius 2 is 1.93 bits per heavy atom. The molecule has 0 amide bonds. The fraction of sp³-hybridized carbons (Fsp3) is 0.333. The standard InChI is InChI=1S/C21H22N4O3S/c1-14-18(25(26)27)7-8-20(22-14)24-11-9-15(10-12-24)21-23-17(13-29-21)16-5-3-4-6-19(16)28-2/h3-8,13,15H,9-12H2,1-2H3. The molecule has 0 N–H and O–H groups in total. The topological polar surface area (TPSA) is 81.4 Å². The molecule has 1 aromatic carbocycles. The summed E-state index contributed by atoms with van der Waals surface area (Å²) in [5.41, 5.74) is 2.49. The average Bonchev–Trinajstić information content (AvgIpc) is 3.23. The number of nitro groups is 1. The second-order valence-electron chi connectivity index (χ2n) is 7.06. The predicted molar refractivity (Wildman–Crippen MR) is 114 cm³/mol. The van der Waals surface area contributed by atoms with E-state index in [0.717, 1.165) is 53.8 Å². The first-order valence-electron chi connectivity index (χ1n) is 9.52. The molecule has 3 aromatic rings. The molecule has 0 atom stereocenters. The Balaban J connectivity index is 1.45. The van der Waals surface area contributed by atoms with Crippen LogP contribution in [0, 0.1) is 17.0 Å². The number of rotatable bonds is 5. The fourth-order valence-electron chi connectivity index (χ4n) is 3.72. The Labute approximate surface area is 173 Å². The average molecular weight is 410 g/mol. The molecular formula is C21H22N4O3S. The molecular weight excluding hydrogens is 388 g/mol. The number of anilines is 1. The van der Waals surface area contributed by atoms with E-state index in [4.69, 9.17) is 9.72 Å². The van der Waals surface area contributed by atoms with Gasteiger partial charge in [0.1, 0.15) is 17.3 Å². The minimum absolute atomic E-state index is 0.0651. The number of hydrogen-bond acceptors (Lipinski definition) is 7. The number of piperidine rings is 1. The molecule has 0 radical (unpaired) electrons. The van der Waals surface area contributed by atoms with Crippen molar-refractivity contribution in [3.8, 4) is 17.0 Å². The van der Waals surface area contributed by atoms with Crippen molar-refractivity contribution in [1.82, 2.24) is 9.97 Å². The Morgan fingerprint density at radius 3 is 2.62 bits per heavy atom. The van der Waals surface area contributed by atoms with E-state index in [1.165, 1.54) is 0 Å². The number of pyridine rings is 1. The van der Waals surface area contributed by atoms with Crippen molar-refractivity contribution >= 4 is 22.8 Å². The van der Waals surface area contributed by atoms with Crippen LogP contribution in [0.1, 0.15) is 29.5 Å². The van der Waals surface area contributed by atoms with E-state index in [1.807, 2.05) is 24.3 Å². The molecule has 29 heavy (non-hydrogen) atoms. The molecule has 150 valence electrons. The van der Waals surface area contributed by atoms with Crippen molar-refractivity contribution in [2.45, 2.75) is 25.7 Å². The highest BCUT2D eigenvalue weighted by atomic mass is 32.1. The van der Waals surface area contributed by atoms with Crippen LogP contribution >= 0.6 is 11.3 Å². The molecule has 4 rings (SSSR count). The molecule has 1 fully saturated rings. The third kappa shape index (κ3) is 3.93. The maximum atomic E-state index is 11.0. The van der Waals surface area contributed by atoms with Crippen LogP contribution in [0.3, 0.4) is 0 Å². The van der Waals surface area contributed by atoms with Gasteiger partial charge >= 0.3 is 0 Å². The van der Waals surface area contributed by atoms with Crippen LogP contribution in [0.15, 0.2) is 41.8 Å². The molecule has 0 bridgehead atoms. The van der Waals surface area contributed by atoms with Crippen LogP contribution in [0.25, 0.3) is 11.3 Å². The molecule has 7 nitrogen and oxygen atoms in total. The van der Waals surface area contributed by atoms with Gasteiger partial charge in [0.2, 0.25) is 0 Å². The van der Waals surface area contributed by atoms with Gasteiger partial charge < -0.3 is 9.64 Å². The second-order valence-corrected chi connectivity index (χ2v) is 7.95. The monoisotopic (exact) mass is 410 g/mol. The summed E-state index contributed by atoms with van der Waals surface area (Å²) >= 11 is 1.70. The Hall–Kier alpha value is -3.00. The molecule has 2 aromatic heterocycles. The number of hydrogen-bond donors (Lipinski definition) is 0. The van der Waals surface area contributed by atoms with Crippen LogP contribution in [0.2, 0.25) is 0 Å². The first kappa shape index (κ1) is 19.3. The molecule has 1 aliphatic heterocycles. The van der Waals surface area contributed by atoms with Gasteiger partial charge in [0.25, 0.3) is 5.69 Å². The highest BCUT2D eigenvalue weighted by Crippen LogP contribution is 2.36. The minimum atomic E-state index is -0.389. The number of aromatic nitrogens is 2. The Kier molecular flexibility index (Phi) is 5.44. The van der Waals surface area contributed by atoms with Gasteiger partial charge in [-0.3, -0.25) is 10.1 Å². The van der Waals surface area contributed by atoms with E-state index in [2.05, 4.69) is 15.3 Å². The number of ether oxygens (including phenoxy) is 1. The molecule has 0 spiro atoms. The summed E-state index contributed by atoms with van der Waals surface area (Å²) in [6.45, 7) is 3.40. The maximum Gasteiger partial charge on any atom is 0.290 e. The van der Waals surface area contributed by atoms with Crippen molar-refractivity contribution in [3.05, 3.63) is 62.6 Å². The quantitative estimate of drug-likeness (QED) is 0.443. The zero-order valence-electron chi connectivity index (χ0n) is 16.4. The van der Waals surface area contributed by atoms with Crippen LogP contribution in [0.4, 0.5) is 11.5 Å². The summed E-state index contributed by atoms with van der Waals surface area (Å²) in [7, 11) is 1.68. The van der Waals surface area contributed by atoms with Crippen molar-refractivity contribution in [2.24, 2.45) is 0 Å². The van der Waals surface area contributed by atoms with Crippen molar-refractivity contribution in [2.75, 3.05) is 25.1 Å². The first-order chi connectivity index (χ1) is 14.1. The summed E-state index contributed by atoms with van der Waals surface area (Å²) < 4.78 is 5.46. The van der Waals surface area contributed by atoms with Gasteiger partial charge in [-0.1, -0.05) is 12.1 Å². The third-order valence-electron chi connectivity index (χ3n) is 5.31. The van der Waals surface area contributed by atoms with Gasteiger partial charge in [-0.25, -0.2) is 9.97 Å². The maximum absolute atomic E-state index is 11.0. The van der Waals surface area contributed by atoms with E-state index in [1.54, 1.807) is 37.5 Å². The van der Waals surface area contributed by atoms with Crippen molar-refractivity contribution < 1.29 is 9.66 Å². The number of aryl methyl sites for hydroxylation is 1. The summed E-state index contributed by atoms with van der Waals surface area (Å²) in [4.78, 5) is 22.1. The van der Waals surface area contributed by atoms with Gasteiger partial charge in [0.05, 0.1) is 22.7 Å². The number of benzene rings is 1. The zero-order valence-corrected chi connectivity index (χ0v) is 17.2. The van der Waals surface area contributed by atoms with Gasteiger partial charge in [-0.15, -0.1) is 11.3 Å². The lowest BCUT2D eigenvalue weighted by Gasteiger charge is -2.32. The van der Waals surface area contributed by atoms with E-state index < -0.39 is 0 Å². The lowest BCUT2D eigenvalue weighted by Crippen LogP contribution is -2.33. The van der Waals surface area contributed by atoms with Crippen LogP contribution in [-0.2, 0) is 0 Å². The number of nitrogens with zero attached hydrogens (tertiary/aromatic N) is 4. The molecule has 3 heterocycles. The van der Waals surface area contributed by atoms with Crippen molar-refractivity contribution in [1.29, 1.82) is 0 Å². The molecule has 0 saturated carbocycles. The van der Waals surface area contributed by atoms with E-state index in [-0.39, 0.29) is 10.6 Å². The van der Waals surface area contributed by atoms with Gasteiger partial charge in [-0.05, 0) is 38.0 Å². The normalized spacial score (nSPS) is 14.8. The number of methoxy groups -OCH3 is 1. The van der Waals surface area contributed by atoms with Crippen LogP contribution in [0.5, 0.6) is 5.75 Å². The summed E-state index contributed by atoms with van der Waals surface area (Å²) in [6, 6.07) is 11.2. The van der Waals surface area contributed by atoms with E-state index >= 15 is 0 Å². The highest BCUT2D eigenvalue weighted by molar-refractivity contribution is 7.10. The fourth-order valence-corrected chi connectivity index (χ4v) is 4.71. The van der Waals surface area contributed by atoms with Gasteiger partial charge in [0, 0.05) is 36.0 Å². The number of thiazole rings is 1. The summed E-state index contributed by atoms with van der Waals surface area (Å²) in [6.07, 6.45) is 1.97. The van der Waals surface area contributed by atoms with Gasteiger partial charge in [0.15, 0.2) is 0 Å². The lowest BCUT2D eigenvalue weighted by atomic mass is 9.97. The smallest absolute Gasteiger partial charge is 0.290 e. The number of para-hydroxylation sites is 1. The molecule has 1 aliphatic rings. The summed E-state index contributed by atoms with van der Waals surface area (Å²) in [5, 5.41) is 14.2. The van der Waals surface area contributed by atoms with E-state index in [9.17, 15) is 10.1 Å². The second kappa shape index (κ2) is 8.16. The molecule has 0 unspecified atom stereocenters. The van der Waals surface area contributed by atoms with E-state index in [0.29, 0.717) is 11.6 Å². The Bertz CT molecular complexity index is 1030. The van der Waals surface area contributed by atoms with Gasteiger partial charge in [-0.2, -0.15) is 0 Å². The van der Waals surface area contributed by atoms with Crippen LogP contribution in [-0.4, -0.2) is 35.1 Å². The van der Waals surface area contributed by atoms with Crippen LogP contribution < -0.4 is 9.64 Å². The molecule has 8 heteroatoms. The SMILES string of the molecule is COc1ccccc1-c1csc(C2CCN(c3ccc([N+](=O)[O-])c(C)n3)CC2)n1. The Morgan fingerprint density at radius 1 is 1.17 bits per heavy atom. The molecule has 0 aliphatic carbocycles. The summed E-state index contributed by atoms with van der Waals surface area (Å²) in [5.74, 6) is 2.05. The third-order valence-corrected chi connectivity index (χ3v) is 6.32. The lowest BCUT2D eigenvalue weighted by molar-refractivity contribution is -0.385. The highest BCUT2D eigenvalue weighted by Gasteiger charge is 2.25. The zero-order chi connectivity index (χ0) is 20.4. The largest absolute Gasteiger partial charge is 0.496 e.